The van der Waals surface area contributed by atoms with Gasteiger partial charge in [-0.3, -0.25) is 0 Å². The molecule has 0 bridgehead atoms. The molecule has 4 nitrogen and oxygen atoms in total. The number of nitrogens with zero attached hydrogens (tertiary/aromatic N) is 3. The molecule has 0 aromatic carbocycles. The highest BCUT2D eigenvalue weighted by Gasteiger charge is 2.10. The molecule has 0 aliphatic carbocycles. The predicted molar refractivity (Wildman–Crippen MR) is 66.9 cm³/mol. The van der Waals surface area contributed by atoms with E-state index in [1.165, 1.54) is 6.33 Å². The van der Waals surface area contributed by atoms with E-state index in [1.807, 2.05) is 7.05 Å². The van der Waals surface area contributed by atoms with Crippen LogP contribution in [0.2, 0.25) is 0 Å². The fraction of sp³-hybridized carbons (Fsp3) is 0.600. The van der Waals surface area contributed by atoms with Gasteiger partial charge in [0, 0.05) is 13.6 Å². The first-order chi connectivity index (χ1) is 7.02. The van der Waals surface area contributed by atoms with Gasteiger partial charge in [-0.2, -0.15) is 0 Å². The minimum Gasteiger partial charge on any atom is -0.383 e. The van der Waals surface area contributed by atoms with Crippen molar-refractivity contribution in [2.24, 2.45) is 5.92 Å². The largest absolute Gasteiger partial charge is 0.383 e. The molecule has 84 valence electrons. The van der Waals surface area contributed by atoms with Crippen LogP contribution in [0.1, 0.15) is 20.3 Å². The number of hydrogen-bond donors (Lipinski definition) is 1. The summed E-state index contributed by atoms with van der Waals surface area (Å²) in [6.45, 7) is 5.38. The second-order valence-electron chi connectivity index (χ2n) is 4.00. The Morgan fingerprint density at radius 2 is 2.13 bits per heavy atom. The molecule has 1 heterocycles. The van der Waals surface area contributed by atoms with Gasteiger partial charge in [0.25, 0.3) is 0 Å². The summed E-state index contributed by atoms with van der Waals surface area (Å²) in [6.07, 6.45) is 2.62. The maximum Gasteiger partial charge on any atom is 0.148 e. The predicted octanol–water partition coefficient (Wildman–Crippen LogP) is 2.30. The molecule has 15 heavy (non-hydrogen) atoms. The van der Waals surface area contributed by atoms with Gasteiger partial charge in [0.2, 0.25) is 0 Å². The molecule has 2 N–H and O–H groups in total. The topological polar surface area (TPSA) is 55.0 Å². The molecule has 1 rings (SSSR count). The van der Waals surface area contributed by atoms with Crippen LogP contribution in [-0.2, 0) is 0 Å². The van der Waals surface area contributed by atoms with Crippen LogP contribution in [0.3, 0.4) is 0 Å². The summed E-state index contributed by atoms with van der Waals surface area (Å²) < 4.78 is 0.774. The second kappa shape index (κ2) is 5.30. The Labute approximate surface area is 99.0 Å². The van der Waals surface area contributed by atoms with Crippen LogP contribution in [0.25, 0.3) is 0 Å². The van der Waals surface area contributed by atoms with Crippen LogP contribution in [0.5, 0.6) is 0 Å². The third-order valence-electron chi connectivity index (χ3n) is 2.20. The molecule has 0 radical (unpaired) electrons. The average Bonchev–Trinajstić information content (AvgIpc) is 2.18. The first kappa shape index (κ1) is 12.2. The van der Waals surface area contributed by atoms with Crippen LogP contribution in [0.4, 0.5) is 11.6 Å². The van der Waals surface area contributed by atoms with Gasteiger partial charge in [0.15, 0.2) is 0 Å². The van der Waals surface area contributed by atoms with Gasteiger partial charge in [0.05, 0.1) is 0 Å². The Kier molecular flexibility index (Phi) is 4.32. The van der Waals surface area contributed by atoms with Gasteiger partial charge < -0.3 is 10.6 Å². The van der Waals surface area contributed by atoms with Gasteiger partial charge in [-0.25, -0.2) is 9.97 Å². The van der Waals surface area contributed by atoms with E-state index in [4.69, 9.17) is 5.73 Å². The molecule has 0 saturated heterocycles. The second-order valence-corrected chi connectivity index (χ2v) is 4.79. The Morgan fingerprint density at radius 3 is 2.73 bits per heavy atom. The minimum atomic E-state index is 0.483. The van der Waals surface area contributed by atoms with E-state index in [1.54, 1.807) is 0 Å². The lowest BCUT2D eigenvalue weighted by Crippen LogP contribution is -2.22. The molecular formula is C10H17BrN4. The van der Waals surface area contributed by atoms with Crippen LogP contribution >= 0.6 is 15.9 Å². The Bertz CT molecular complexity index is 327. The zero-order valence-corrected chi connectivity index (χ0v) is 11.0. The van der Waals surface area contributed by atoms with Crippen molar-refractivity contribution in [1.82, 2.24) is 9.97 Å². The minimum absolute atomic E-state index is 0.483. The number of nitrogens with two attached hydrogens (primary N) is 1. The standard InChI is InChI=1S/C10H17BrN4/c1-7(2)4-5-15(3)10-8(11)9(12)13-6-14-10/h6-7H,4-5H2,1-3H3,(H2,12,13,14). The summed E-state index contributed by atoms with van der Waals surface area (Å²) >= 11 is 3.40. The molecular weight excluding hydrogens is 256 g/mol. The molecule has 0 unspecified atom stereocenters. The highest BCUT2D eigenvalue weighted by atomic mass is 79.9. The number of rotatable bonds is 4. The number of aromatic nitrogens is 2. The van der Waals surface area contributed by atoms with Crippen molar-refractivity contribution in [3.63, 3.8) is 0 Å². The lowest BCUT2D eigenvalue weighted by molar-refractivity contribution is 0.583. The molecule has 5 heteroatoms. The molecule has 0 atom stereocenters. The number of anilines is 2. The number of hydrogen-bond acceptors (Lipinski definition) is 4. The first-order valence-electron chi connectivity index (χ1n) is 4.99. The van der Waals surface area contributed by atoms with E-state index in [9.17, 15) is 0 Å². The van der Waals surface area contributed by atoms with Gasteiger partial charge in [-0.1, -0.05) is 13.8 Å². The van der Waals surface area contributed by atoms with E-state index in [0.29, 0.717) is 11.7 Å². The summed E-state index contributed by atoms with van der Waals surface area (Å²) in [4.78, 5) is 10.2. The van der Waals surface area contributed by atoms with Crippen LogP contribution in [0.15, 0.2) is 10.8 Å². The zero-order valence-electron chi connectivity index (χ0n) is 9.37. The zero-order chi connectivity index (χ0) is 11.4. The van der Waals surface area contributed by atoms with Gasteiger partial charge in [-0.05, 0) is 28.3 Å². The average molecular weight is 273 g/mol. The van der Waals surface area contributed by atoms with E-state index in [-0.39, 0.29) is 0 Å². The highest BCUT2D eigenvalue weighted by Crippen LogP contribution is 2.26. The van der Waals surface area contributed by atoms with Crippen LogP contribution in [-0.4, -0.2) is 23.6 Å². The smallest absolute Gasteiger partial charge is 0.148 e. The summed E-state index contributed by atoms with van der Waals surface area (Å²) in [6, 6.07) is 0. The van der Waals surface area contributed by atoms with Crippen LogP contribution < -0.4 is 10.6 Å². The molecule has 1 aromatic rings. The lowest BCUT2D eigenvalue weighted by Gasteiger charge is -2.20. The number of halogens is 1. The fourth-order valence-corrected chi connectivity index (χ4v) is 1.70. The summed E-state index contributed by atoms with van der Waals surface area (Å²) in [7, 11) is 2.01. The fourth-order valence-electron chi connectivity index (χ4n) is 1.20. The number of nitrogen functional groups attached to an aromatic ring is 1. The van der Waals surface area contributed by atoms with Crippen molar-refractivity contribution >= 4 is 27.6 Å². The van der Waals surface area contributed by atoms with E-state index < -0.39 is 0 Å². The first-order valence-corrected chi connectivity index (χ1v) is 5.78. The van der Waals surface area contributed by atoms with Crippen molar-refractivity contribution in [2.75, 3.05) is 24.2 Å². The molecule has 0 aliphatic heterocycles. The third-order valence-corrected chi connectivity index (χ3v) is 2.96. The Hall–Kier alpha value is -0.840. The Morgan fingerprint density at radius 1 is 1.47 bits per heavy atom. The monoisotopic (exact) mass is 272 g/mol. The van der Waals surface area contributed by atoms with Gasteiger partial charge in [0.1, 0.15) is 22.4 Å². The van der Waals surface area contributed by atoms with Gasteiger partial charge in [-0.15, -0.1) is 0 Å². The maximum absolute atomic E-state index is 5.69. The van der Waals surface area contributed by atoms with Crippen molar-refractivity contribution in [3.05, 3.63) is 10.8 Å². The van der Waals surface area contributed by atoms with Crippen molar-refractivity contribution in [2.45, 2.75) is 20.3 Å². The van der Waals surface area contributed by atoms with Gasteiger partial charge >= 0.3 is 0 Å². The lowest BCUT2D eigenvalue weighted by atomic mass is 10.1. The van der Waals surface area contributed by atoms with E-state index in [2.05, 4.69) is 44.6 Å². The quantitative estimate of drug-likeness (QED) is 0.914. The molecule has 0 fully saturated rings. The summed E-state index contributed by atoms with van der Waals surface area (Å²) in [5, 5.41) is 0. The SMILES string of the molecule is CC(C)CCN(C)c1ncnc(N)c1Br. The Balaban J connectivity index is 2.73. The molecule has 0 aliphatic rings. The van der Waals surface area contributed by atoms with Crippen molar-refractivity contribution in [3.8, 4) is 0 Å². The molecule has 0 spiro atoms. The van der Waals surface area contributed by atoms with Crippen molar-refractivity contribution < 1.29 is 0 Å². The normalized spacial score (nSPS) is 10.7. The highest BCUT2D eigenvalue weighted by molar-refractivity contribution is 9.10. The van der Waals surface area contributed by atoms with Crippen LogP contribution in [0, 0.1) is 5.92 Å². The maximum atomic E-state index is 5.69. The van der Waals surface area contributed by atoms with Crippen molar-refractivity contribution in [1.29, 1.82) is 0 Å². The van der Waals surface area contributed by atoms with E-state index >= 15 is 0 Å². The third kappa shape index (κ3) is 3.34. The molecule has 0 amide bonds. The summed E-state index contributed by atoms with van der Waals surface area (Å²) in [5.41, 5.74) is 5.69. The molecule has 0 saturated carbocycles. The summed E-state index contributed by atoms with van der Waals surface area (Å²) in [5.74, 6) is 2.02. The molecule has 1 aromatic heterocycles. The van der Waals surface area contributed by atoms with E-state index in [0.717, 1.165) is 23.3 Å².